The maximum Gasteiger partial charge on any atom is 0.277 e. The molecule has 4 heteroatoms. The number of aliphatic imine (C=N–C) groups is 1. The van der Waals surface area contributed by atoms with Crippen LogP contribution in [0, 0.1) is 6.92 Å². The van der Waals surface area contributed by atoms with Gasteiger partial charge in [0.05, 0.1) is 17.9 Å². The van der Waals surface area contributed by atoms with Gasteiger partial charge >= 0.3 is 0 Å². The minimum absolute atomic E-state index is 0.104. The van der Waals surface area contributed by atoms with E-state index >= 15 is 0 Å². The van der Waals surface area contributed by atoms with Crippen molar-refractivity contribution in [2.45, 2.75) is 13.5 Å². The summed E-state index contributed by atoms with van der Waals surface area (Å²) in [5.74, 6) is -0.104. The Morgan fingerprint density at radius 1 is 0.962 bits per heavy atom. The molecule has 1 aliphatic rings. The topological polar surface area (TPSA) is 32.7 Å². The van der Waals surface area contributed by atoms with E-state index in [4.69, 9.17) is 11.6 Å². The average Bonchev–Trinajstić information content (AvgIpc) is 2.90. The molecule has 26 heavy (non-hydrogen) atoms. The minimum Gasteiger partial charge on any atom is -0.302 e. The van der Waals surface area contributed by atoms with E-state index in [1.807, 2.05) is 79.7 Å². The molecule has 0 atom stereocenters. The Labute approximate surface area is 157 Å². The van der Waals surface area contributed by atoms with Gasteiger partial charge in [0.15, 0.2) is 0 Å². The summed E-state index contributed by atoms with van der Waals surface area (Å²) in [6.07, 6.45) is 0. The van der Waals surface area contributed by atoms with Gasteiger partial charge in [-0.15, -0.1) is 0 Å². The highest BCUT2D eigenvalue weighted by molar-refractivity contribution is 6.54. The molecule has 0 radical (unpaired) electrons. The van der Waals surface area contributed by atoms with Crippen LogP contribution in [0.2, 0.25) is 5.02 Å². The molecule has 0 unspecified atom stereocenters. The Morgan fingerprint density at radius 3 is 2.54 bits per heavy atom. The van der Waals surface area contributed by atoms with E-state index in [2.05, 4.69) is 4.99 Å². The van der Waals surface area contributed by atoms with E-state index in [-0.39, 0.29) is 5.91 Å². The normalized spacial score (nSPS) is 14.8. The van der Waals surface area contributed by atoms with E-state index < -0.39 is 0 Å². The molecule has 1 aliphatic heterocycles. The number of amides is 1. The Morgan fingerprint density at radius 2 is 1.73 bits per heavy atom. The van der Waals surface area contributed by atoms with Gasteiger partial charge in [0, 0.05) is 10.6 Å². The monoisotopic (exact) mass is 360 g/mol. The summed E-state index contributed by atoms with van der Waals surface area (Å²) in [5.41, 5.74) is 4.99. The van der Waals surface area contributed by atoms with Crippen molar-refractivity contribution < 1.29 is 4.79 Å². The SMILES string of the molecule is Cc1cccc(N=C2C(=O)N(Cc3ccccc3Cl)c3ccccc32)c1. The zero-order valence-electron chi connectivity index (χ0n) is 14.3. The molecule has 0 aromatic heterocycles. The molecule has 0 bridgehead atoms. The summed E-state index contributed by atoms with van der Waals surface area (Å²) in [6, 6.07) is 23.2. The van der Waals surface area contributed by atoms with Crippen LogP contribution >= 0.6 is 11.6 Å². The molecule has 0 saturated carbocycles. The number of hydrogen-bond donors (Lipinski definition) is 0. The predicted octanol–water partition coefficient (Wildman–Crippen LogP) is 5.32. The molecular formula is C22H17ClN2O. The van der Waals surface area contributed by atoms with Crippen LogP contribution in [0.15, 0.2) is 77.8 Å². The molecule has 3 aromatic rings. The van der Waals surface area contributed by atoms with Crippen molar-refractivity contribution in [3.8, 4) is 0 Å². The van der Waals surface area contributed by atoms with Gasteiger partial charge in [-0.3, -0.25) is 4.79 Å². The van der Waals surface area contributed by atoms with Crippen LogP contribution in [0.1, 0.15) is 16.7 Å². The number of hydrogen-bond acceptors (Lipinski definition) is 2. The summed E-state index contributed by atoms with van der Waals surface area (Å²) in [4.78, 5) is 19.5. The third-order valence-electron chi connectivity index (χ3n) is 4.43. The van der Waals surface area contributed by atoms with Gasteiger partial charge in [0.25, 0.3) is 5.91 Å². The van der Waals surface area contributed by atoms with Gasteiger partial charge in [0.1, 0.15) is 5.71 Å². The van der Waals surface area contributed by atoms with Crippen LogP contribution in [0.3, 0.4) is 0 Å². The van der Waals surface area contributed by atoms with Gasteiger partial charge in [-0.1, -0.05) is 60.1 Å². The predicted molar refractivity (Wildman–Crippen MR) is 106 cm³/mol. The molecule has 0 fully saturated rings. The molecule has 1 heterocycles. The number of carbonyl (C=O) groups is 1. The second-order valence-corrected chi connectivity index (χ2v) is 6.71. The van der Waals surface area contributed by atoms with Crippen molar-refractivity contribution in [3.63, 3.8) is 0 Å². The number of halogens is 1. The molecule has 3 aromatic carbocycles. The van der Waals surface area contributed by atoms with E-state index in [0.29, 0.717) is 17.3 Å². The lowest BCUT2D eigenvalue weighted by Gasteiger charge is -2.17. The molecular weight excluding hydrogens is 344 g/mol. The third-order valence-corrected chi connectivity index (χ3v) is 4.80. The second kappa shape index (κ2) is 6.77. The van der Waals surface area contributed by atoms with E-state index in [0.717, 1.165) is 28.1 Å². The molecule has 3 nitrogen and oxygen atoms in total. The number of fused-ring (bicyclic) bond motifs is 1. The number of benzene rings is 3. The first-order valence-electron chi connectivity index (χ1n) is 8.43. The molecule has 0 aliphatic carbocycles. The van der Waals surface area contributed by atoms with Crippen molar-refractivity contribution in [2.75, 3.05) is 4.90 Å². The van der Waals surface area contributed by atoms with Crippen LogP contribution in [0.25, 0.3) is 0 Å². The Balaban J connectivity index is 1.77. The van der Waals surface area contributed by atoms with Crippen LogP contribution < -0.4 is 4.90 Å². The number of rotatable bonds is 3. The number of nitrogens with zero attached hydrogens (tertiary/aromatic N) is 2. The average molecular weight is 361 g/mol. The second-order valence-electron chi connectivity index (χ2n) is 6.30. The summed E-state index contributed by atoms with van der Waals surface area (Å²) < 4.78 is 0. The van der Waals surface area contributed by atoms with Crippen LogP contribution in [0.4, 0.5) is 11.4 Å². The molecule has 128 valence electrons. The van der Waals surface area contributed by atoms with Crippen molar-refractivity contribution in [1.29, 1.82) is 0 Å². The van der Waals surface area contributed by atoms with Gasteiger partial charge < -0.3 is 4.90 Å². The maximum absolute atomic E-state index is 13.1. The minimum atomic E-state index is -0.104. The lowest BCUT2D eigenvalue weighted by molar-refractivity contribution is -0.112. The summed E-state index contributed by atoms with van der Waals surface area (Å²) in [6.45, 7) is 2.43. The molecule has 4 rings (SSSR count). The van der Waals surface area contributed by atoms with E-state index in [9.17, 15) is 4.79 Å². The first-order chi connectivity index (χ1) is 12.6. The number of aryl methyl sites for hydroxylation is 1. The van der Waals surface area contributed by atoms with Crippen molar-refractivity contribution in [2.24, 2.45) is 4.99 Å². The highest BCUT2D eigenvalue weighted by Crippen LogP contribution is 2.33. The summed E-state index contributed by atoms with van der Waals surface area (Å²) in [5, 5.41) is 0.654. The van der Waals surface area contributed by atoms with Gasteiger partial charge in [-0.25, -0.2) is 4.99 Å². The molecule has 0 N–H and O–H groups in total. The lowest BCUT2D eigenvalue weighted by atomic mass is 10.1. The summed E-state index contributed by atoms with van der Waals surface area (Å²) >= 11 is 6.29. The fourth-order valence-electron chi connectivity index (χ4n) is 3.15. The number of carbonyl (C=O) groups excluding carboxylic acids is 1. The molecule has 0 spiro atoms. The van der Waals surface area contributed by atoms with E-state index in [1.165, 1.54) is 0 Å². The zero-order chi connectivity index (χ0) is 18.1. The van der Waals surface area contributed by atoms with Gasteiger partial charge in [0.2, 0.25) is 0 Å². The Hall–Kier alpha value is -2.91. The quantitative estimate of drug-likeness (QED) is 0.622. The molecule has 0 saturated heterocycles. The zero-order valence-corrected chi connectivity index (χ0v) is 15.1. The fourth-order valence-corrected chi connectivity index (χ4v) is 3.35. The highest BCUT2D eigenvalue weighted by atomic mass is 35.5. The van der Waals surface area contributed by atoms with Crippen molar-refractivity contribution in [3.05, 3.63) is 94.5 Å². The number of anilines is 1. The highest BCUT2D eigenvalue weighted by Gasteiger charge is 2.33. The van der Waals surface area contributed by atoms with E-state index in [1.54, 1.807) is 4.90 Å². The van der Waals surface area contributed by atoms with Gasteiger partial charge in [-0.05, 0) is 42.3 Å². The standard InChI is InChI=1S/C22H17ClN2O/c1-15-7-6-9-17(13-15)24-21-18-10-3-5-12-20(18)25(22(21)26)14-16-8-2-4-11-19(16)23/h2-13H,14H2,1H3. The van der Waals surface area contributed by atoms with Crippen molar-refractivity contribution >= 4 is 34.6 Å². The third kappa shape index (κ3) is 3.02. The lowest BCUT2D eigenvalue weighted by Crippen LogP contribution is -2.29. The first-order valence-corrected chi connectivity index (χ1v) is 8.81. The number of para-hydroxylation sites is 1. The Kier molecular flexibility index (Phi) is 4.31. The Bertz CT molecular complexity index is 1030. The molecule has 1 amide bonds. The van der Waals surface area contributed by atoms with Crippen LogP contribution in [0.5, 0.6) is 0 Å². The van der Waals surface area contributed by atoms with Crippen LogP contribution in [-0.2, 0) is 11.3 Å². The van der Waals surface area contributed by atoms with Crippen LogP contribution in [-0.4, -0.2) is 11.6 Å². The van der Waals surface area contributed by atoms with Gasteiger partial charge in [-0.2, -0.15) is 0 Å². The largest absolute Gasteiger partial charge is 0.302 e. The first kappa shape index (κ1) is 16.6. The maximum atomic E-state index is 13.1. The smallest absolute Gasteiger partial charge is 0.277 e. The summed E-state index contributed by atoms with van der Waals surface area (Å²) in [7, 11) is 0. The van der Waals surface area contributed by atoms with Crippen molar-refractivity contribution in [1.82, 2.24) is 0 Å². The fraction of sp³-hybridized carbons (Fsp3) is 0.0909.